The molecule has 2 heterocycles. The number of thioether (sulfide) groups is 1. The van der Waals surface area contributed by atoms with Crippen LogP contribution in [0.4, 0.5) is 10.1 Å². The summed E-state index contributed by atoms with van der Waals surface area (Å²) in [7, 11) is 0. The van der Waals surface area contributed by atoms with Crippen LogP contribution in [0.1, 0.15) is 5.89 Å². The molecule has 0 amide bonds. The molecule has 3 aromatic rings. The molecule has 5 nitrogen and oxygen atoms in total. The van der Waals surface area contributed by atoms with Crippen molar-refractivity contribution in [2.45, 2.75) is 10.6 Å². The van der Waals surface area contributed by atoms with E-state index in [1.54, 1.807) is 24.4 Å². The third-order valence-corrected chi connectivity index (χ3v) is 3.70. The highest BCUT2D eigenvalue weighted by Gasteiger charge is 2.11. The molecule has 0 atom stereocenters. The fraction of sp³-hybridized carbons (Fsp3) is 0.0714. The molecule has 0 saturated heterocycles. The highest BCUT2D eigenvalue weighted by Crippen LogP contribution is 2.26. The van der Waals surface area contributed by atoms with Gasteiger partial charge in [0, 0.05) is 16.8 Å². The number of aromatic nitrogens is 3. The van der Waals surface area contributed by atoms with Gasteiger partial charge in [-0.15, -0.1) is 11.8 Å². The SMILES string of the molecule is Nc1ccc(SCc2nc(-c3ccccn3)no2)c(F)c1. The molecule has 0 aliphatic carbocycles. The molecule has 0 unspecified atom stereocenters. The first kappa shape index (κ1) is 13.6. The summed E-state index contributed by atoms with van der Waals surface area (Å²) in [5.74, 6) is 0.853. The van der Waals surface area contributed by atoms with Gasteiger partial charge in [0.15, 0.2) is 0 Å². The number of nitrogen functional groups attached to an aromatic ring is 1. The number of nitrogens with zero attached hydrogens (tertiary/aromatic N) is 3. The first-order chi connectivity index (χ1) is 10.2. The van der Waals surface area contributed by atoms with Gasteiger partial charge in [0.25, 0.3) is 0 Å². The van der Waals surface area contributed by atoms with Crippen molar-refractivity contribution < 1.29 is 8.91 Å². The molecule has 106 valence electrons. The second-order valence-corrected chi connectivity index (χ2v) is 5.22. The quantitative estimate of drug-likeness (QED) is 0.589. The molecule has 0 spiro atoms. The Morgan fingerprint density at radius 2 is 2.14 bits per heavy atom. The van der Waals surface area contributed by atoms with Crippen LogP contribution in [-0.4, -0.2) is 15.1 Å². The van der Waals surface area contributed by atoms with Gasteiger partial charge in [0.1, 0.15) is 11.5 Å². The zero-order chi connectivity index (χ0) is 14.7. The van der Waals surface area contributed by atoms with E-state index in [1.165, 1.54) is 17.8 Å². The van der Waals surface area contributed by atoms with Crippen molar-refractivity contribution in [3.63, 3.8) is 0 Å². The molecule has 21 heavy (non-hydrogen) atoms. The standard InChI is InChI=1S/C14H11FN4OS/c15-10-7-9(16)4-5-12(10)21-8-13-18-14(19-20-13)11-3-1-2-6-17-11/h1-7H,8,16H2. The normalized spacial score (nSPS) is 10.7. The summed E-state index contributed by atoms with van der Waals surface area (Å²) in [4.78, 5) is 8.86. The lowest BCUT2D eigenvalue weighted by molar-refractivity contribution is 0.391. The number of benzene rings is 1. The smallest absolute Gasteiger partial charge is 0.237 e. The maximum Gasteiger partial charge on any atom is 0.237 e. The summed E-state index contributed by atoms with van der Waals surface area (Å²) >= 11 is 1.27. The Hall–Kier alpha value is -2.41. The Morgan fingerprint density at radius 1 is 1.24 bits per heavy atom. The number of pyridine rings is 1. The summed E-state index contributed by atoms with van der Waals surface area (Å²) in [5.41, 5.74) is 6.54. The lowest BCUT2D eigenvalue weighted by Gasteiger charge is -2.01. The molecular formula is C14H11FN4OS. The van der Waals surface area contributed by atoms with Gasteiger partial charge >= 0.3 is 0 Å². The predicted molar refractivity (Wildman–Crippen MR) is 77.9 cm³/mol. The van der Waals surface area contributed by atoms with E-state index in [9.17, 15) is 4.39 Å². The maximum atomic E-state index is 13.6. The molecule has 0 saturated carbocycles. The van der Waals surface area contributed by atoms with Crippen LogP contribution < -0.4 is 5.73 Å². The Labute approximate surface area is 124 Å². The van der Waals surface area contributed by atoms with Crippen molar-refractivity contribution in [1.29, 1.82) is 0 Å². The zero-order valence-electron chi connectivity index (χ0n) is 10.9. The monoisotopic (exact) mass is 302 g/mol. The molecular weight excluding hydrogens is 291 g/mol. The Balaban J connectivity index is 1.70. The molecule has 2 N–H and O–H groups in total. The van der Waals surface area contributed by atoms with Crippen LogP contribution in [0.25, 0.3) is 11.5 Å². The van der Waals surface area contributed by atoms with E-state index in [-0.39, 0.29) is 5.82 Å². The summed E-state index contributed by atoms with van der Waals surface area (Å²) in [6, 6.07) is 10.0. The number of hydrogen-bond donors (Lipinski definition) is 1. The van der Waals surface area contributed by atoms with Crippen LogP contribution in [-0.2, 0) is 5.75 Å². The van der Waals surface area contributed by atoms with Gasteiger partial charge in [-0.05, 0) is 30.3 Å². The molecule has 3 rings (SSSR count). The number of nitrogens with two attached hydrogens (primary N) is 1. The van der Waals surface area contributed by atoms with E-state index in [0.29, 0.717) is 33.7 Å². The minimum absolute atomic E-state index is 0.357. The number of anilines is 1. The van der Waals surface area contributed by atoms with E-state index >= 15 is 0 Å². The summed E-state index contributed by atoms with van der Waals surface area (Å²) in [6.45, 7) is 0. The van der Waals surface area contributed by atoms with Crippen molar-refractivity contribution in [3.8, 4) is 11.5 Å². The van der Waals surface area contributed by atoms with Crippen molar-refractivity contribution in [2.24, 2.45) is 0 Å². The van der Waals surface area contributed by atoms with Crippen LogP contribution in [0.15, 0.2) is 52.0 Å². The first-order valence-corrected chi connectivity index (χ1v) is 7.13. The molecule has 0 bridgehead atoms. The maximum absolute atomic E-state index is 13.6. The molecule has 2 aromatic heterocycles. The Kier molecular flexibility index (Phi) is 3.83. The molecule has 1 aromatic carbocycles. The van der Waals surface area contributed by atoms with Gasteiger partial charge < -0.3 is 10.3 Å². The largest absolute Gasteiger partial charge is 0.399 e. The zero-order valence-corrected chi connectivity index (χ0v) is 11.7. The van der Waals surface area contributed by atoms with E-state index in [4.69, 9.17) is 10.3 Å². The summed E-state index contributed by atoms with van der Waals surface area (Å²) < 4.78 is 18.8. The molecule has 7 heteroatoms. The van der Waals surface area contributed by atoms with Crippen molar-refractivity contribution in [3.05, 3.63) is 54.3 Å². The van der Waals surface area contributed by atoms with Crippen molar-refractivity contribution in [2.75, 3.05) is 5.73 Å². The fourth-order valence-electron chi connectivity index (χ4n) is 1.69. The summed E-state index contributed by atoms with van der Waals surface area (Å²) in [6.07, 6.45) is 1.66. The second kappa shape index (κ2) is 5.92. The van der Waals surface area contributed by atoms with E-state index < -0.39 is 0 Å². The number of hydrogen-bond acceptors (Lipinski definition) is 6. The highest BCUT2D eigenvalue weighted by molar-refractivity contribution is 7.98. The summed E-state index contributed by atoms with van der Waals surface area (Å²) in [5, 5.41) is 3.86. The number of halogens is 1. The van der Waals surface area contributed by atoms with Gasteiger partial charge in [-0.25, -0.2) is 4.39 Å². The first-order valence-electron chi connectivity index (χ1n) is 6.14. The Bertz CT molecular complexity index is 748. The molecule has 0 aliphatic rings. The van der Waals surface area contributed by atoms with E-state index in [1.807, 2.05) is 12.1 Å². The third kappa shape index (κ3) is 3.19. The van der Waals surface area contributed by atoms with Crippen LogP contribution in [0.2, 0.25) is 0 Å². The van der Waals surface area contributed by atoms with Crippen LogP contribution in [0, 0.1) is 5.82 Å². The fourth-order valence-corrected chi connectivity index (χ4v) is 2.44. The van der Waals surface area contributed by atoms with Crippen molar-refractivity contribution >= 4 is 17.4 Å². The van der Waals surface area contributed by atoms with Gasteiger partial charge in [0.05, 0.1) is 5.75 Å². The lowest BCUT2D eigenvalue weighted by atomic mass is 10.3. The minimum Gasteiger partial charge on any atom is -0.399 e. The highest BCUT2D eigenvalue weighted by atomic mass is 32.2. The van der Waals surface area contributed by atoms with E-state index in [0.717, 1.165) is 0 Å². The predicted octanol–water partition coefficient (Wildman–Crippen LogP) is 3.15. The van der Waals surface area contributed by atoms with Gasteiger partial charge in [-0.2, -0.15) is 4.98 Å². The second-order valence-electron chi connectivity index (χ2n) is 4.21. The average molecular weight is 302 g/mol. The number of rotatable bonds is 4. The van der Waals surface area contributed by atoms with E-state index in [2.05, 4.69) is 15.1 Å². The minimum atomic E-state index is -0.357. The Morgan fingerprint density at radius 3 is 2.90 bits per heavy atom. The van der Waals surface area contributed by atoms with Gasteiger partial charge in [-0.3, -0.25) is 4.98 Å². The van der Waals surface area contributed by atoms with Crippen LogP contribution >= 0.6 is 11.8 Å². The van der Waals surface area contributed by atoms with Crippen LogP contribution in [0.3, 0.4) is 0 Å². The topological polar surface area (TPSA) is 77.8 Å². The molecule has 0 fully saturated rings. The molecule has 0 radical (unpaired) electrons. The third-order valence-electron chi connectivity index (χ3n) is 2.67. The molecule has 0 aliphatic heterocycles. The lowest BCUT2D eigenvalue weighted by Crippen LogP contribution is -1.89. The van der Waals surface area contributed by atoms with Crippen molar-refractivity contribution in [1.82, 2.24) is 15.1 Å². The van der Waals surface area contributed by atoms with Gasteiger partial charge in [0.2, 0.25) is 11.7 Å². The average Bonchev–Trinajstić information content (AvgIpc) is 2.96. The van der Waals surface area contributed by atoms with Crippen LogP contribution in [0.5, 0.6) is 0 Å². The van der Waals surface area contributed by atoms with Gasteiger partial charge in [-0.1, -0.05) is 11.2 Å².